The summed E-state index contributed by atoms with van der Waals surface area (Å²) in [6, 6.07) is 10.9. The second-order valence-corrected chi connectivity index (χ2v) is 8.60. The van der Waals surface area contributed by atoms with E-state index in [4.69, 9.17) is 9.26 Å². The first-order valence-corrected chi connectivity index (χ1v) is 10.2. The minimum atomic E-state index is -4.49. The van der Waals surface area contributed by atoms with Gasteiger partial charge in [-0.3, -0.25) is 0 Å². The summed E-state index contributed by atoms with van der Waals surface area (Å²) in [4.78, 5) is 4.11. The Labute approximate surface area is 165 Å². The van der Waals surface area contributed by atoms with Crippen LogP contribution in [0.15, 0.2) is 53.1 Å². The predicted molar refractivity (Wildman–Crippen MR) is 98.8 cm³/mol. The number of aromatic nitrogens is 2. The van der Waals surface area contributed by atoms with Gasteiger partial charge in [-0.05, 0) is 36.8 Å². The van der Waals surface area contributed by atoms with E-state index in [1.807, 2.05) is 0 Å². The van der Waals surface area contributed by atoms with Crippen LogP contribution in [0.1, 0.15) is 29.2 Å². The van der Waals surface area contributed by atoms with Crippen LogP contribution in [0.4, 0.5) is 13.2 Å². The molecule has 0 saturated carbocycles. The van der Waals surface area contributed by atoms with Crippen molar-refractivity contribution in [2.75, 3.05) is 7.11 Å². The summed E-state index contributed by atoms with van der Waals surface area (Å²) in [7, 11) is -2.33. The maximum atomic E-state index is 12.7. The van der Waals surface area contributed by atoms with Crippen molar-refractivity contribution in [3.63, 3.8) is 0 Å². The van der Waals surface area contributed by atoms with E-state index < -0.39 is 32.6 Å². The molecule has 6 nitrogen and oxygen atoms in total. The third-order valence-electron chi connectivity index (χ3n) is 4.39. The number of ether oxygens (including phenoxy) is 1. The first kappa shape index (κ1) is 20.8. The van der Waals surface area contributed by atoms with Crippen molar-refractivity contribution >= 4 is 9.84 Å². The van der Waals surface area contributed by atoms with E-state index in [0.717, 1.165) is 24.3 Å². The van der Waals surface area contributed by atoms with Crippen molar-refractivity contribution in [2.45, 2.75) is 24.1 Å². The van der Waals surface area contributed by atoms with Crippen LogP contribution in [0.3, 0.4) is 0 Å². The highest BCUT2D eigenvalue weighted by molar-refractivity contribution is 7.90. The van der Waals surface area contributed by atoms with Gasteiger partial charge in [-0.1, -0.05) is 29.4 Å². The summed E-state index contributed by atoms with van der Waals surface area (Å²) in [5.41, 5.74) is -0.0650. The fourth-order valence-corrected chi connectivity index (χ4v) is 3.98. The van der Waals surface area contributed by atoms with Gasteiger partial charge in [0, 0.05) is 0 Å². The highest BCUT2D eigenvalue weighted by atomic mass is 32.2. The normalized spacial score (nSPS) is 13.3. The van der Waals surface area contributed by atoms with Crippen LogP contribution in [0.2, 0.25) is 0 Å². The second kappa shape index (κ2) is 7.86. The molecule has 0 spiro atoms. The zero-order valence-corrected chi connectivity index (χ0v) is 16.3. The number of para-hydroxylation sites is 1. The molecule has 0 radical (unpaired) electrons. The van der Waals surface area contributed by atoms with Crippen molar-refractivity contribution in [3.05, 3.63) is 65.5 Å². The van der Waals surface area contributed by atoms with Crippen LogP contribution in [0.25, 0.3) is 11.4 Å². The molecule has 3 aromatic rings. The van der Waals surface area contributed by atoms with Crippen molar-refractivity contribution in [2.24, 2.45) is 0 Å². The van der Waals surface area contributed by atoms with Crippen LogP contribution in [0.5, 0.6) is 5.75 Å². The van der Waals surface area contributed by atoms with E-state index in [-0.39, 0.29) is 17.3 Å². The van der Waals surface area contributed by atoms with E-state index in [9.17, 15) is 21.6 Å². The molecule has 29 heavy (non-hydrogen) atoms. The van der Waals surface area contributed by atoms with Crippen molar-refractivity contribution < 1.29 is 30.8 Å². The molecule has 0 aliphatic carbocycles. The highest BCUT2D eigenvalue weighted by Crippen LogP contribution is 2.32. The van der Waals surface area contributed by atoms with Gasteiger partial charge in [0.05, 0.1) is 23.5 Å². The molecule has 154 valence electrons. The summed E-state index contributed by atoms with van der Waals surface area (Å²) in [6.45, 7) is 1.40. The molecule has 1 unspecified atom stereocenters. The number of benzene rings is 2. The minimum Gasteiger partial charge on any atom is -0.496 e. The van der Waals surface area contributed by atoms with Gasteiger partial charge < -0.3 is 9.26 Å². The van der Waals surface area contributed by atoms with Gasteiger partial charge in [0.1, 0.15) is 11.5 Å². The lowest BCUT2D eigenvalue weighted by molar-refractivity contribution is -0.137. The van der Waals surface area contributed by atoms with Crippen LogP contribution < -0.4 is 4.74 Å². The molecular weight excluding hydrogens is 409 g/mol. The van der Waals surface area contributed by atoms with Gasteiger partial charge in [0.2, 0.25) is 11.7 Å². The van der Waals surface area contributed by atoms with Gasteiger partial charge >= 0.3 is 6.18 Å². The summed E-state index contributed by atoms with van der Waals surface area (Å²) in [6.07, 6.45) is -4.49. The lowest BCUT2D eigenvalue weighted by Crippen LogP contribution is -2.13. The molecule has 3 rings (SSSR count). The zero-order valence-electron chi connectivity index (χ0n) is 15.5. The van der Waals surface area contributed by atoms with Crippen LogP contribution in [-0.2, 0) is 21.8 Å². The molecule has 1 aromatic heterocycles. The van der Waals surface area contributed by atoms with Crippen LogP contribution >= 0.6 is 0 Å². The number of nitrogens with zero attached hydrogens (tertiary/aromatic N) is 2. The number of hydrogen-bond acceptors (Lipinski definition) is 6. The third-order valence-corrected chi connectivity index (χ3v) is 6.39. The summed E-state index contributed by atoms with van der Waals surface area (Å²) < 4.78 is 73.7. The molecule has 0 amide bonds. The molecular formula is C19H17F3N2O4S. The van der Waals surface area contributed by atoms with Crippen LogP contribution in [0, 0.1) is 0 Å². The van der Waals surface area contributed by atoms with Gasteiger partial charge in [-0.25, -0.2) is 8.42 Å². The molecule has 0 saturated heterocycles. The molecule has 2 aromatic carbocycles. The Morgan fingerprint density at radius 3 is 2.38 bits per heavy atom. The summed E-state index contributed by atoms with van der Waals surface area (Å²) >= 11 is 0. The predicted octanol–water partition coefficient (Wildman–Crippen LogP) is 4.44. The van der Waals surface area contributed by atoms with E-state index in [2.05, 4.69) is 10.1 Å². The lowest BCUT2D eigenvalue weighted by atomic mass is 10.1. The summed E-state index contributed by atoms with van der Waals surface area (Å²) in [5, 5.41) is 2.74. The highest BCUT2D eigenvalue weighted by Gasteiger charge is 2.31. The molecule has 0 aliphatic heterocycles. The lowest BCUT2D eigenvalue weighted by Gasteiger charge is -2.13. The number of methoxy groups -OCH3 is 1. The summed E-state index contributed by atoms with van der Waals surface area (Å²) in [5.74, 6) is 0.0116. The van der Waals surface area contributed by atoms with Crippen LogP contribution in [-0.4, -0.2) is 25.7 Å². The number of rotatable bonds is 6. The van der Waals surface area contributed by atoms with Gasteiger partial charge in [0.25, 0.3) is 0 Å². The minimum absolute atomic E-state index is 0.121. The molecule has 10 heteroatoms. The Morgan fingerprint density at radius 1 is 1.10 bits per heavy atom. The van der Waals surface area contributed by atoms with E-state index >= 15 is 0 Å². The fourth-order valence-electron chi connectivity index (χ4n) is 2.70. The topological polar surface area (TPSA) is 82.3 Å². The monoisotopic (exact) mass is 426 g/mol. The average Bonchev–Trinajstić information content (AvgIpc) is 3.14. The van der Waals surface area contributed by atoms with Gasteiger partial charge in [0.15, 0.2) is 9.84 Å². The molecule has 0 N–H and O–H groups in total. The SMILES string of the molecule is COc1ccccc1-c1noc(CS(=O)(=O)C(C)c2ccc(C(F)(F)F)cc2)n1. The standard InChI is InChI=1S/C19H17F3N2O4S/c1-12(13-7-9-14(10-8-13)19(20,21)22)29(25,26)11-17-23-18(24-28-17)15-5-3-4-6-16(15)27-2/h3-10,12H,11H2,1-2H3. The second-order valence-electron chi connectivity index (χ2n) is 6.28. The van der Waals surface area contributed by atoms with Crippen molar-refractivity contribution in [1.29, 1.82) is 0 Å². The van der Waals surface area contributed by atoms with Gasteiger partial charge in [-0.15, -0.1) is 0 Å². The Morgan fingerprint density at radius 2 is 1.76 bits per heavy atom. The molecule has 1 heterocycles. The first-order chi connectivity index (χ1) is 13.6. The van der Waals surface area contributed by atoms with E-state index in [0.29, 0.717) is 11.3 Å². The smallest absolute Gasteiger partial charge is 0.416 e. The Kier molecular flexibility index (Phi) is 5.65. The molecule has 0 aliphatic rings. The van der Waals surface area contributed by atoms with E-state index in [1.54, 1.807) is 24.3 Å². The number of alkyl halides is 3. The maximum absolute atomic E-state index is 12.7. The van der Waals surface area contributed by atoms with Gasteiger partial charge in [-0.2, -0.15) is 18.2 Å². The van der Waals surface area contributed by atoms with Crippen molar-refractivity contribution in [1.82, 2.24) is 10.1 Å². The molecule has 1 atom stereocenters. The third kappa shape index (κ3) is 4.58. The number of halogens is 3. The Balaban J connectivity index is 1.80. The Bertz CT molecular complexity index is 1090. The zero-order chi connectivity index (χ0) is 21.2. The maximum Gasteiger partial charge on any atom is 0.416 e. The number of sulfone groups is 1. The quantitative estimate of drug-likeness (QED) is 0.580. The average molecular weight is 426 g/mol. The largest absolute Gasteiger partial charge is 0.496 e. The van der Waals surface area contributed by atoms with Crippen molar-refractivity contribution in [3.8, 4) is 17.1 Å². The molecule has 0 fully saturated rings. The number of hydrogen-bond donors (Lipinski definition) is 0. The Hall–Kier alpha value is -2.88. The van der Waals surface area contributed by atoms with E-state index in [1.165, 1.54) is 14.0 Å². The molecule has 0 bridgehead atoms. The fraction of sp³-hybridized carbons (Fsp3) is 0.263. The first-order valence-electron chi connectivity index (χ1n) is 8.46.